The van der Waals surface area contributed by atoms with E-state index in [1.165, 1.54) is 6.42 Å². The molecular weight excluding hydrogens is 278 g/mol. The molecule has 2 rings (SSSR count). The predicted molar refractivity (Wildman–Crippen MR) is 88.3 cm³/mol. The standard InChI is InChI=1S/C18H27NO3/c1-4-14(2)22-16-10-8-15(9-11-16)19-17(20)18(21-3)12-6-5-7-13-18/h8-11,14H,4-7,12-13H2,1-3H3,(H,19,20)/t14-/m1/s1. The first-order valence-corrected chi connectivity index (χ1v) is 8.23. The molecule has 4 heteroatoms. The van der Waals surface area contributed by atoms with Crippen LogP contribution in [0.3, 0.4) is 0 Å². The lowest BCUT2D eigenvalue weighted by Crippen LogP contribution is -2.46. The highest BCUT2D eigenvalue weighted by atomic mass is 16.5. The van der Waals surface area contributed by atoms with Crippen LogP contribution in [0.4, 0.5) is 5.69 Å². The summed E-state index contributed by atoms with van der Waals surface area (Å²) in [7, 11) is 1.63. The van der Waals surface area contributed by atoms with E-state index in [9.17, 15) is 4.79 Å². The maximum absolute atomic E-state index is 12.6. The van der Waals surface area contributed by atoms with Gasteiger partial charge in [0.05, 0.1) is 6.10 Å². The molecule has 22 heavy (non-hydrogen) atoms. The van der Waals surface area contributed by atoms with Crippen LogP contribution >= 0.6 is 0 Å². The van der Waals surface area contributed by atoms with Gasteiger partial charge in [-0.1, -0.05) is 26.2 Å². The molecule has 0 unspecified atom stereocenters. The predicted octanol–water partition coefficient (Wildman–Crippen LogP) is 4.15. The highest BCUT2D eigenvalue weighted by molar-refractivity contribution is 5.97. The minimum absolute atomic E-state index is 0.0368. The number of hydrogen-bond acceptors (Lipinski definition) is 3. The Labute approximate surface area is 133 Å². The van der Waals surface area contributed by atoms with Crippen LogP contribution in [0.2, 0.25) is 0 Å². The lowest BCUT2D eigenvalue weighted by atomic mass is 9.84. The molecule has 0 aromatic heterocycles. The first-order valence-electron chi connectivity index (χ1n) is 8.23. The van der Waals surface area contributed by atoms with Crippen molar-refractivity contribution >= 4 is 11.6 Å². The molecule has 4 nitrogen and oxygen atoms in total. The molecule has 0 spiro atoms. The molecule has 0 radical (unpaired) electrons. The molecule has 1 aliphatic rings. The Morgan fingerprint density at radius 3 is 2.41 bits per heavy atom. The van der Waals surface area contributed by atoms with E-state index >= 15 is 0 Å². The summed E-state index contributed by atoms with van der Waals surface area (Å²) in [6.45, 7) is 4.13. The SMILES string of the molecule is CC[C@@H](C)Oc1ccc(NC(=O)C2(OC)CCCCC2)cc1. The van der Waals surface area contributed by atoms with Gasteiger partial charge in [0, 0.05) is 12.8 Å². The second-order valence-corrected chi connectivity index (χ2v) is 6.07. The number of benzene rings is 1. The van der Waals surface area contributed by atoms with Crippen molar-refractivity contribution in [1.29, 1.82) is 0 Å². The van der Waals surface area contributed by atoms with Crippen molar-refractivity contribution in [1.82, 2.24) is 0 Å². The van der Waals surface area contributed by atoms with Gasteiger partial charge in [0.2, 0.25) is 0 Å². The summed E-state index contributed by atoms with van der Waals surface area (Å²) in [6, 6.07) is 7.54. The Morgan fingerprint density at radius 1 is 1.23 bits per heavy atom. The van der Waals surface area contributed by atoms with Gasteiger partial charge in [-0.2, -0.15) is 0 Å². The number of anilines is 1. The number of amides is 1. The molecule has 1 saturated carbocycles. The van der Waals surface area contributed by atoms with Gasteiger partial charge in [-0.15, -0.1) is 0 Å². The second-order valence-electron chi connectivity index (χ2n) is 6.07. The molecule has 122 valence electrons. The van der Waals surface area contributed by atoms with Gasteiger partial charge < -0.3 is 14.8 Å². The van der Waals surface area contributed by atoms with Crippen LogP contribution in [0.25, 0.3) is 0 Å². The molecule has 1 N–H and O–H groups in total. The van der Waals surface area contributed by atoms with E-state index in [0.29, 0.717) is 0 Å². The van der Waals surface area contributed by atoms with Gasteiger partial charge in [0.1, 0.15) is 11.4 Å². The average Bonchev–Trinajstić information content (AvgIpc) is 2.57. The Morgan fingerprint density at radius 2 is 1.86 bits per heavy atom. The lowest BCUT2D eigenvalue weighted by Gasteiger charge is -2.34. The minimum atomic E-state index is -0.663. The number of methoxy groups -OCH3 is 1. The molecule has 0 bridgehead atoms. The van der Waals surface area contributed by atoms with Crippen molar-refractivity contribution in [2.45, 2.75) is 64.1 Å². The zero-order chi connectivity index (χ0) is 16.0. The van der Waals surface area contributed by atoms with Crippen LogP contribution in [-0.4, -0.2) is 24.7 Å². The number of hydrogen-bond donors (Lipinski definition) is 1. The molecule has 1 fully saturated rings. The minimum Gasteiger partial charge on any atom is -0.491 e. The largest absolute Gasteiger partial charge is 0.491 e. The number of rotatable bonds is 6. The monoisotopic (exact) mass is 305 g/mol. The summed E-state index contributed by atoms with van der Waals surface area (Å²) in [4.78, 5) is 12.6. The quantitative estimate of drug-likeness (QED) is 0.858. The molecule has 1 aromatic rings. The van der Waals surface area contributed by atoms with E-state index in [0.717, 1.165) is 43.5 Å². The fourth-order valence-electron chi connectivity index (χ4n) is 2.82. The smallest absolute Gasteiger partial charge is 0.256 e. The van der Waals surface area contributed by atoms with Crippen molar-refractivity contribution in [3.05, 3.63) is 24.3 Å². The Bertz CT molecular complexity index is 478. The summed E-state index contributed by atoms with van der Waals surface area (Å²) >= 11 is 0. The van der Waals surface area contributed by atoms with Crippen LogP contribution < -0.4 is 10.1 Å². The molecular formula is C18H27NO3. The molecule has 1 amide bonds. The van der Waals surface area contributed by atoms with E-state index in [1.807, 2.05) is 31.2 Å². The maximum atomic E-state index is 12.6. The first kappa shape index (κ1) is 16.8. The molecule has 0 heterocycles. The third-order valence-corrected chi connectivity index (χ3v) is 4.49. The third-order valence-electron chi connectivity index (χ3n) is 4.49. The zero-order valence-corrected chi connectivity index (χ0v) is 13.9. The lowest BCUT2D eigenvalue weighted by molar-refractivity contribution is -0.141. The van der Waals surface area contributed by atoms with Crippen molar-refractivity contribution in [3.63, 3.8) is 0 Å². The summed E-state index contributed by atoms with van der Waals surface area (Å²) in [5, 5.41) is 2.98. The van der Waals surface area contributed by atoms with Gasteiger partial charge in [0.15, 0.2) is 0 Å². The van der Waals surface area contributed by atoms with E-state index < -0.39 is 5.60 Å². The van der Waals surface area contributed by atoms with Crippen LogP contribution in [0.1, 0.15) is 52.4 Å². The fraction of sp³-hybridized carbons (Fsp3) is 0.611. The van der Waals surface area contributed by atoms with Gasteiger partial charge in [-0.25, -0.2) is 0 Å². The molecule has 1 aliphatic carbocycles. The zero-order valence-electron chi connectivity index (χ0n) is 13.9. The topological polar surface area (TPSA) is 47.6 Å². The fourth-order valence-corrected chi connectivity index (χ4v) is 2.82. The number of nitrogens with one attached hydrogen (secondary N) is 1. The van der Waals surface area contributed by atoms with Crippen molar-refractivity contribution in [2.75, 3.05) is 12.4 Å². The van der Waals surface area contributed by atoms with Crippen LogP contribution in [-0.2, 0) is 9.53 Å². The van der Waals surface area contributed by atoms with Crippen molar-refractivity contribution in [3.8, 4) is 5.75 Å². The Balaban J connectivity index is 1.99. The third kappa shape index (κ3) is 4.01. The summed E-state index contributed by atoms with van der Waals surface area (Å²) in [5.41, 5.74) is 0.118. The van der Waals surface area contributed by atoms with Crippen LogP contribution in [0.15, 0.2) is 24.3 Å². The normalized spacial score (nSPS) is 18.5. The highest BCUT2D eigenvalue weighted by Gasteiger charge is 2.39. The van der Waals surface area contributed by atoms with Crippen LogP contribution in [0.5, 0.6) is 5.75 Å². The molecule has 1 atom stereocenters. The highest BCUT2D eigenvalue weighted by Crippen LogP contribution is 2.32. The van der Waals surface area contributed by atoms with Crippen LogP contribution in [0, 0.1) is 0 Å². The number of carbonyl (C=O) groups excluding carboxylic acids is 1. The molecule has 0 aliphatic heterocycles. The second kappa shape index (κ2) is 7.63. The van der Waals surface area contributed by atoms with E-state index in [-0.39, 0.29) is 12.0 Å². The van der Waals surface area contributed by atoms with Crippen molar-refractivity contribution < 1.29 is 14.3 Å². The van der Waals surface area contributed by atoms with E-state index in [1.54, 1.807) is 7.11 Å². The Kier molecular flexibility index (Phi) is 5.83. The summed E-state index contributed by atoms with van der Waals surface area (Å²) in [6.07, 6.45) is 6.02. The van der Waals surface area contributed by atoms with Gasteiger partial charge >= 0.3 is 0 Å². The first-order chi connectivity index (χ1) is 10.6. The van der Waals surface area contributed by atoms with Crippen molar-refractivity contribution in [2.24, 2.45) is 0 Å². The number of carbonyl (C=O) groups is 1. The molecule has 1 aromatic carbocycles. The number of ether oxygens (including phenoxy) is 2. The molecule has 0 saturated heterocycles. The van der Waals surface area contributed by atoms with Gasteiger partial charge in [0.25, 0.3) is 5.91 Å². The van der Waals surface area contributed by atoms with E-state index in [2.05, 4.69) is 12.2 Å². The summed E-state index contributed by atoms with van der Waals surface area (Å²) in [5.74, 6) is 0.789. The maximum Gasteiger partial charge on any atom is 0.256 e. The van der Waals surface area contributed by atoms with Gasteiger partial charge in [-0.05, 0) is 50.5 Å². The van der Waals surface area contributed by atoms with Gasteiger partial charge in [-0.3, -0.25) is 4.79 Å². The average molecular weight is 305 g/mol. The Hall–Kier alpha value is -1.55. The summed E-state index contributed by atoms with van der Waals surface area (Å²) < 4.78 is 11.3. The van der Waals surface area contributed by atoms with E-state index in [4.69, 9.17) is 9.47 Å².